The molecule has 4 heteroatoms. The molecule has 1 aromatic heterocycles. The lowest BCUT2D eigenvalue weighted by Gasteiger charge is -2.40. The number of hydrogen-bond acceptors (Lipinski definition) is 3. The highest BCUT2D eigenvalue weighted by Crippen LogP contribution is 2.44. The van der Waals surface area contributed by atoms with E-state index in [1.165, 1.54) is 44.4 Å². The van der Waals surface area contributed by atoms with Gasteiger partial charge < -0.3 is 14.5 Å². The number of para-hydroxylation sites is 1. The predicted molar refractivity (Wildman–Crippen MR) is 127 cm³/mol. The number of ether oxygens (including phenoxy) is 2. The summed E-state index contributed by atoms with van der Waals surface area (Å²) in [6.07, 6.45) is 2.06. The molecule has 0 amide bonds. The fourth-order valence-electron chi connectivity index (χ4n) is 5.41. The molecule has 0 radical (unpaired) electrons. The smallest absolute Gasteiger partial charge is 0.161 e. The van der Waals surface area contributed by atoms with Crippen LogP contribution in [0.5, 0.6) is 11.5 Å². The minimum Gasteiger partial charge on any atom is -0.493 e. The summed E-state index contributed by atoms with van der Waals surface area (Å²) in [5.74, 6) is 1.66. The van der Waals surface area contributed by atoms with Crippen molar-refractivity contribution < 1.29 is 9.47 Å². The number of methoxy groups -OCH3 is 1. The Labute approximate surface area is 188 Å². The van der Waals surface area contributed by atoms with Crippen molar-refractivity contribution in [1.29, 1.82) is 0 Å². The van der Waals surface area contributed by atoms with Crippen LogP contribution in [0, 0.1) is 6.92 Å². The Bertz CT molecular complexity index is 1310. The molecule has 3 heterocycles. The Balaban J connectivity index is 1.33. The van der Waals surface area contributed by atoms with Gasteiger partial charge in [0, 0.05) is 35.7 Å². The Morgan fingerprint density at radius 3 is 2.75 bits per heavy atom. The molecule has 0 fully saturated rings. The van der Waals surface area contributed by atoms with E-state index in [9.17, 15) is 0 Å². The number of nitrogens with one attached hydrogen (secondary N) is 1. The van der Waals surface area contributed by atoms with Crippen molar-refractivity contribution in [2.24, 2.45) is 0 Å². The summed E-state index contributed by atoms with van der Waals surface area (Å²) in [5, 5.41) is 1.36. The van der Waals surface area contributed by atoms with E-state index < -0.39 is 0 Å². The Kier molecular flexibility index (Phi) is 4.69. The summed E-state index contributed by atoms with van der Waals surface area (Å²) in [6.45, 7) is 4.72. The van der Waals surface area contributed by atoms with Crippen LogP contribution in [0.3, 0.4) is 0 Å². The molecule has 32 heavy (non-hydrogen) atoms. The molecule has 1 atom stereocenters. The summed E-state index contributed by atoms with van der Waals surface area (Å²) in [7, 11) is 1.74. The average Bonchev–Trinajstić information content (AvgIpc) is 3.19. The maximum absolute atomic E-state index is 6.25. The van der Waals surface area contributed by atoms with E-state index in [1.54, 1.807) is 7.11 Å². The van der Waals surface area contributed by atoms with E-state index in [-0.39, 0.29) is 0 Å². The Hall–Kier alpha value is -3.24. The lowest BCUT2D eigenvalue weighted by atomic mass is 9.85. The number of hydrogen-bond donors (Lipinski definition) is 1. The standard InChI is InChI=1S/C28H28N2O2/c1-18-7-3-4-8-20(18)17-32-28-13-19-11-12-30-16-25-23(21-9-5-6-10-24(21)29-25)14-26(30)22(19)15-27(28)31-2/h3-10,13,15,26,29H,11-12,14,16-17H2,1-2H3. The zero-order valence-corrected chi connectivity index (χ0v) is 18.7. The van der Waals surface area contributed by atoms with Gasteiger partial charge in [0.2, 0.25) is 0 Å². The van der Waals surface area contributed by atoms with Gasteiger partial charge in [0.25, 0.3) is 0 Å². The Morgan fingerprint density at radius 1 is 1.03 bits per heavy atom. The van der Waals surface area contributed by atoms with Crippen molar-refractivity contribution in [1.82, 2.24) is 9.88 Å². The molecule has 162 valence electrons. The van der Waals surface area contributed by atoms with Crippen LogP contribution in [0.4, 0.5) is 0 Å². The van der Waals surface area contributed by atoms with Gasteiger partial charge in [0.15, 0.2) is 11.5 Å². The molecule has 3 aromatic carbocycles. The molecule has 2 aliphatic heterocycles. The normalized spacial score (nSPS) is 17.5. The summed E-state index contributed by atoms with van der Waals surface area (Å²) < 4.78 is 12.0. The Morgan fingerprint density at radius 2 is 1.88 bits per heavy atom. The first-order valence-corrected chi connectivity index (χ1v) is 11.4. The van der Waals surface area contributed by atoms with E-state index in [4.69, 9.17) is 9.47 Å². The number of benzene rings is 3. The molecule has 1 N–H and O–H groups in total. The highest BCUT2D eigenvalue weighted by Gasteiger charge is 2.34. The van der Waals surface area contributed by atoms with Gasteiger partial charge in [-0.05, 0) is 65.8 Å². The number of fused-ring (bicyclic) bond motifs is 6. The molecule has 4 nitrogen and oxygen atoms in total. The van der Waals surface area contributed by atoms with Crippen molar-refractivity contribution in [2.45, 2.75) is 39.0 Å². The lowest BCUT2D eigenvalue weighted by Crippen LogP contribution is -2.39. The van der Waals surface area contributed by atoms with Gasteiger partial charge in [0.05, 0.1) is 7.11 Å². The van der Waals surface area contributed by atoms with Crippen molar-refractivity contribution in [3.63, 3.8) is 0 Å². The van der Waals surface area contributed by atoms with Crippen LogP contribution in [0.1, 0.15) is 39.6 Å². The number of nitrogens with zero attached hydrogens (tertiary/aromatic N) is 1. The maximum Gasteiger partial charge on any atom is 0.161 e. The van der Waals surface area contributed by atoms with Crippen molar-refractivity contribution in [3.05, 3.63) is 94.2 Å². The van der Waals surface area contributed by atoms with Gasteiger partial charge >= 0.3 is 0 Å². The molecule has 0 aliphatic carbocycles. The van der Waals surface area contributed by atoms with Gasteiger partial charge in [-0.15, -0.1) is 0 Å². The highest BCUT2D eigenvalue weighted by atomic mass is 16.5. The van der Waals surface area contributed by atoms with Crippen molar-refractivity contribution in [2.75, 3.05) is 13.7 Å². The fraction of sp³-hybridized carbons (Fsp3) is 0.286. The summed E-state index contributed by atoms with van der Waals surface area (Å²) in [6, 6.07) is 21.9. The SMILES string of the molecule is COc1cc2c(cc1OCc1ccccc1C)CCN1Cc3[nH]c4ccccc4c3CC21. The summed E-state index contributed by atoms with van der Waals surface area (Å²) >= 11 is 0. The molecular weight excluding hydrogens is 396 g/mol. The second-order valence-corrected chi connectivity index (χ2v) is 8.99. The third-order valence-electron chi connectivity index (χ3n) is 7.20. The molecular formula is C28H28N2O2. The predicted octanol–water partition coefficient (Wildman–Crippen LogP) is 5.72. The van der Waals surface area contributed by atoms with Crippen LogP contribution in [0.25, 0.3) is 10.9 Å². The fourth-order valence-corrected chi connectivity index (χ4v) is 5.41. The molecule has 0 saturated heterocycles. The lowest BCUT2D eigenvalue weighted by molar-refractivity contribution is 0.158. The van der Waals surface area contributed by atoms with Crippen molar-refractivity contribution >= 4 is 10.9 Å². The second kappa shape index (κ2) is 7.72. The summed E-state index contributed by atoms with van der Waals surface area (Å²) in [4.78, 5) is 6.26. The molecule has 6 rings (SSSR count). The van der Waals surface area contributed by atoms with Crippen LogP contribution >= 0.6 is 0 Å². The third-order valence-corrected chi connectivity index (χ3v) is 7.20. The van der Waals surface area contributed by atoms with Crippen LogP contribution in [-0.4, -0.2) is 23.5 Å². The minimum absolute atomic E-state index is 0.379. The topological polar surface area (TPSA) is 37.5 Å². The van der Waals surface area contributed by atoms with Crippen LogP contribution in [0.2, 0.25) is 0 Å². The summed E-state index contributed by atoms with van der Waals surface area (Å²) in [5.41, 5.74) is 9.30. The van der Waals surface area contributed by atoms with Gasteiger partial charge in [-0.25, -0.2) is 0 Å². The average molecular weight is 425 g/mol. The second-order valence-electron chi connectivity index (χ2n) is 8.99. The first-order chi connectivity index (χ1) is 15.7. The number of aryl methyl sites for hydroxylation is 1. The van der Waals surface area contributed by atoms with Crippen molar-refractivity contribution in [3.8, 4) is 11.5 Å². The van der Waals surface area contributed by atoms with Crippen LogP contribution < -0.4 is 9.47 Å². The van der Waals surface area contributed by atoms with Crippen LogP contribution in [0.15, 0.2) is 60.7 Å². The van der Waals surface area contributed by atoms with E-state index in [1.807, 2.05) is 0 Å². The van der Waals surface area contributed by atoms with Crippen LogP contribution in [-0.2, 0) is 26.0 Å². The molecule has 0 saturated carbocycles. The van der Waals surface area contributed by atoms with Gasteiger partial charge in [-0.1, -0.05) is 42.5 Å². The quantitative estimate of drug-likeness (QED) is 0.455. The first-order valence-electron chi connectivity index (χ1n) is 11.4. The monoisotopic (exact) mass is 424 g/mol. The minimum atomic E-state index is 0.379. The van der Waals surface area contributed by atoms with E-state index in [0.717, 1.165) is 37.4 Å². The first kappa shape index (κ1) is 19.4. The molecule has 0 spiro atoms. The van der Waals surface area contributed by atoms with E-state index in [0.29, 0.717) is 12.6 Å². The molecule has 0 bridgehead atoms. The zero-order chi connectivity index (χ0) is 21.7. The number of aromatic amines is 1. The molecule has 4 aromatic rings. The van der Waals surface area contributed by atoms with E-state index >= 15 is 0 Å². The zero-order valence-electron chi connectivity index (χ0n) is 18.7. The molecule has 2 aliphatic rings. The highest BCUT2D eigenvalue weighted by molar-refractivity contribution is 5.85. The maximum atomic E-state index is 6.25. The number of H-pyrrole nitrogens is 1. The number of aromatic nitrogens is 1. The molecule has 1 unspecified atom stereocenters. The van der Waals surface area contributed by atoms with Gasteiger partial charge in [-0.3, -0.25) is 4.90 Å². The largest absolute Gasteiger partial charge is 0.493 e. The third kappa shape index (κ3) is 3.18. The number of rotatable bonds is 4. The van der Waals surface area contributed by atoms with E-state index in [2.05, 4.69) is 77.5 Å². The van der Waals surface area contributed by atoms with Gasteiger partial charge in [0.1, 0.15) is 6.61 Å². The van der Waals surface area contributed by atoms with Gasteiger partial charge in [-0.2, -0.15) is 0 Å².